The monoisotopic (exact) mass is 263 g/mol. The summed E-state index contributed by atoms with van der Waals surface area (Å²) in [5, 5.41) is 1.11. The van der Waals surface area contributed by atoms with Gasteiger partial charge in [-0.05, 0) is 31.0 Å². The molecule has 0 unspecified atom stereocenters. The summed E-state index contributed by atoms with van der Waals surface area (Å²) in [5.41, 5.74) is 0.951. The molecule has 1 heterocycles. The highest BCUT2D eigenvalue weighted by Gasteiger charge is 2.24. The third kappa shape index (κ3) is 1.84. The molecule has 0 bridgehead atoms. The predicted octanol–water partition coefficient (Wildman–Crippen LogP) is 3.54. The molecular formula is C12H10BrNO. The first-order valence-electron chi connectivity index (χ1n) is 5.04. The van der Waals surface area contributed by atoms with Gasteiger partial charge in [-0.3, -0.25) is 4.98 Å². The normalized spacial score (nSPS) is 15.5. The van der Waals surface area contributed by atoms with Gasteiger partial charge in [0.1, 0.15) is 11.3 Å². The van der Waals surface area contributed by atoms with E-state index in [4.69, 9.17) is 4.74 Å². The largest absolute Gasteiger partial charge is 0.488 e. The second kappa shape index (κ2) is 3.49. The summed E-state index contributed by atoms with van der Waals surface area (Å²) in [5.74, 6) is 0.891. The Morgan fingerprint density at radius 3 is 3.00 bits per heavy atom. The fourth-order valence-corrected chi connectivity index (χ4v) is 2.03. The fraction of sp³-hybridized carbons (Fsp3) is 0.250. The number of benzene rings is 1. The number of rotatable bonds is 2. The van der Waals surface area contributed by atoms with Crippen molar-refractivity contribution in [2.45, 2.75) is 18.9 Å². The Balaban J connectivity index is 2.16. The highest BCUT2D eigenvalue weighted by molar-refractivity contribution is 9.10. The molecule has 0 N–H and O–H groups in total. The molecule has 1 aromatic heterocycles. The minimum Gasteiger partial charge on any atom is -0.488 e. The molecule has 0 aliphatic heterocycles. The van der Waals surface area contributed by atoms with Crippen LogP contribution in [-0.4, -0.2) is 11.1 Å². The molecule has 1 fully saturated rings. The van der Waals surface area contributed by atoms with Crippen molar-refractivity contribution in [2.75, 3.05) is 0 Å². The Hall–Kier alpha value is -1.09. The predicted molar refractivity (Wildman–Crippen MR) is 63.1 cm³/mol. The van der Waals surface area contributed by atoms with Crippen molar-refractivity contribution in [1.29, 1.82) is 0 Å². The topological polar surface area (TPSA) is 22.1 Å². The van der Waals surface area contributed by atoms with Gasteiger partial charge >= 0.3 is 0 Å². The van der Waals surface area contributed by atoms with Crippen LogP contribution in [0.25, 0.3) is 10.9 Å². The molecule has 0 atom stereocenters. The van der Waals surface area contributed by atoms with E-state index in [1.165, 1.54) is 12.8 Å². The van der Waals surface area contributed by atoms with Gasteiger partial charge in [0.2, 0.25) is 0 Å². The minimum absolute atomic E-state index is 0.407. The van der Waals surface area contributed by atoms with Crippen LogP contribution >= 0.6 is 15.9 Å². The molecule has 0 spiro atoms. The summed E-state index contributed by atoms with van der Waals surface area (Å²) >= 11 is 3.49. The minimum atomic E-state index is 0.407. The van der Waals surface area contributed by atoms with E-state index in [1.54, 1.807) is 6.20 Å². The van der Waals surface area contributed by atoms with Crippen LogP contribution in [-0.2, 0) is 0 Å². The van der Waals surface area contributed by atoms with Crippen LogP contribution in [0.15, 0.2) is 34.9 Å². The average molecular weight is 264 g/mol. The molecule has 0 radical (unpaired) electrons. The number of nitrogens with zero attached hydrogens (tertiary/aromatic N) is 1. The smallest absolute Gasteiger partial charge is 0.147 e. The lowest BCUT2D eigenvalue weighted by Crippen LogP contribution is -1.97. The highest BCUT2D eigenvalue weighted by atomic mass is 79.9. The van der Waals surface area contributed by atoms with Gasteiger partial charge in [-0.1, -0.05) is 22.0 Å². The average Bonchev–Trinajstić information content (AvgIpc) is 3.01. The van der Waals surface area contributed by atoms with Crippen molar-refractivity contribution >= 4 is 26.8 Å². The molecule has 1 aliphatic rings. The third-order valence-electron chi connectivity index (χ3n) is 2.45. The lowest BCUT2D eigenvalue weighted by atomic mass is 10.2. The Morgan fingerprint density at radius 1 is 1.33 bits per heavy atom. The second-order valence-electron chi connectivity index (χ2n) is 3.80. The van der Waals surface area contributed by atoms with Crippen LogP contribution in [0, 0.1) is 0 Å². The van der Waals surface area contributed by atoms with Gasteiger partial charge in [0.05, 0.1) is 6.10 Å². The zero-order chi connectivity index (χ0) is 10.3. The van der Waals surface area contributed by atoms with Crippen molar-refractivity contribution < 1.29 is 4.74 Å². The molecule has 2 nitrogen and oxygen atoms in total. The van der Waals surface area contributed by atoms with E-state index in [-0.39, 0.29) is 0 Å². The van der Waals surface area contributed by atoms with Gasteiger partial charge < -0.3 is 4.74 Å². The number of halogens is 1. The number of hydrogen-bond acceptors (Lipinski definition) is 2. The van der Waals surface area contributed by atoms with Gasteiger partial charge in [0.15, 0.2) is 0 Å². The molecule has 3 heteroatoms. The summed E-state index contributed by atoms with van der Waals surface area (Å²) in [4.78, 5) is 4.36. The number of pyridine rings is 1. The molecular weight excluding hydrogens is 254 g/mol. The van der Waals surface area contributed by atoms with Crippen molar-refractivity contribution in [2.24, 2.45) is 0 Å². The van der Waals surface area contributed by atoms with Crippen molar-refractivity contribution in [3.63, 3.8) is 0 Å². The van der Waals surface area contributed by atoms with Crippen LogP contribution in [0.3, 0.4) is 0 Å². The van der Waals surface area contributed by atoms with Crippen LogP contribution in [0.1, 0.15) is 12.8 Å². The Morgan fingerprint density at radius 2 is 2.20 bits per heavy atom. The van der Waals surface area contributed by atoms with Gasteiger partial charge in [0, 0.05) is 16.1 Å². The first kappa shape index (κ1) is 9.16. The second-order valence-corrected chi connectivity index (χ2v) is 4.71. The molecule has 0 saturated heterocycles. The zero-order valence-corrected chi connectivity index (χ0v) is 9.70. The Labute approximate surface area is 96.4 Å². The first-order chi connectivity index (χ1) is 7.33. The zero-order valence-electron chi connectivity index (χ0n) is 8.11. The van der Waals surface area contributed by atoms with E-state index >= 15 is 0 Å². The summed E-state index contributed by atoms with van der Waals surface area (Å²) in [7, 11) is 0. The van der Waals surface area contributed by atoms with Crippen LogP contribution in [0.2, 0.25) is 0 Å². The van der Waals surface area contributed by atoms with E-state index in [9.17, 15) is 0 Å². The van der Waals surface area contributed by atoms with Crippen molar-refractivity contribution in [3.05, 3.63) is 34.9 Å². The fourth-order valence-electron chi connectivity index (χ4n) is 1.58. The standard InChI is InChI=1S/C12H10BrNO/c13-9-6-8-2-1-5-14-12(8)11(7-9)15-10-3-4-10/h1-2,5-7,10H,3-4H2. The maximum absolute atomic E-state index is 5.83. The maximum Gasteiger partial charge on any atom is 0.147 e. The molecule has 3 rings (SSSR count). The van der Waals surface area contributed by atoms with E-state index in [2.05, 4.69) is 27.0 Å². The maximum atomic E-state index is 5.83. The lowest BCUT2D eigenvalue weighted by molar-refractivity contribution is 0.306. The molecule has 1 saturated carbocycles. The number of aromatic nitrogens is 1. The van der Waals surface area contributed by atoms with Gasteiger partial charge in [-0.2, -0.15) is 0 Å². The summed E-state index contributed by atoms with van der Waals surface area (Å²) < 4.78 is 6.87. The first-order valence-corrected chi connectivity index (χ1v) is 5.83. The SMILES string of the molecule is Brc1cc(OC2CC2)c2ncccc2c1. The molecule has 76 valence electrons. The molecule has 1 aliphatic carbocycles. The van der Waals surface area contributed by atoms with Crippen LogP contribution in [0.4, 0.5) is 0 Å². The summed E-state index contributed by atoms with van der Waals surface area (Å²) in [6.45, 7) is 0. The number of fused-ring (bicyclic) bond motifs is 1. The summed E-state index contributed by atoms with van der Waals surface area (Å²) in [6.07, 6.45) is 4.54. The molecule has 0 amide bonds. The Kier molecular flexibility index (Phi) is 2.13. The third-order valence-corrected chi connectivity index (χ3v) is 2.91. The van der Waals surface area contributed by atoms with Crippen molar-refractivity contribution in [1.82, 2.24) is 4.98 Å². The van der Waals surface area contributed by atoms with Crippen LogP contribution < -0.4 is 4.74 Å². The highest BCUT2D eigenvalue weighted by Crippen LogP contribution is 2.33. The molecule has 15 heavy (non-hydrogen) atoms. The van der Waals surface area contributed by atoms with E-state index in [0.29, 0.717) is 6.10 Å². The van der Waals surface area contributed by atoms with Gasteiger partial charge in [-0.15, -0.1) is 0 Å². The quantitative estimate of drug-likeness (QED) is 0.827. The lowest BCUT2D eigenvalue weighted by Gasteiger charge is -2.08. The molecule has 2 aromatic rings. The van der Waals surface area contributed by atoms with Gasteiger partial charge in [0.25, 0.3) is 0 Å². The van der Waals surface area contributed by atoms with Gasteiger partial charge in [-0.25, -0.2) is 0 Å². The molecule has 1 aromatic carbocycles. The number of hydrogen-bond donors (Lipinski definition) is 0. The van der Waals surface area contributed by atoms with E-state index in [1.807, 2.05) is 18.2 Å². The van der Waals surface area contributed by atoms with E-state index in [0.717, 1.165) is 21.1 Å². The van der Waals surface area contributed by atoms with Crippen LogP contribution in [0.5, 0.6) is 5.75 Å². The number of ether oxygens (including phenoxy) is 1. The van der Waals surface area contributed by atoms with Crippen molar-refractivity contribution in [3.8, 4) is 5.75 Å². The summed E-state index contributed by atoms with van der Waals surface area (Å²) in [6, 6.07) is 8.04. The Bertz CT molecular complexity index is 508. The van der Waals surface area contributed by atoms with E-state index < -0.39 is 0 Å².